The summed E-state index contributed by atoms with van der Waals surface area (Å²) in [4.78, 5) is 26.8. The van der Waals surface area contributed by atoms with Crippen molar-refractivity contribution in [1.29, 1.82) is 0 Å². The third-order valence-corrected chi connectivity index (χ3v) is 6.52. The molecular formula is C26H32N2O5. The number of methoxy groups -OCH3 is 1. The van der Waals surface area contributed by atoms with E-state index in [1.165, 1.54) is 0 Å². The number of piperidine rings is 1. The second-order valence-corrected chi connectivity index (χ2v) is 8.77. The van der Waals surface area contributed by atoms with Gasteiger partial charge in [-0.25, -0.2) is 0 Å². The molecule has 1 unspecified atom stereocenters. The van der Waals surface area contributed by atoms with Crippen molar-refractivity contribution in [2.24, 2.45) is 0 Å². The third-order valence-electron chi connectivity index (χ3n) is 6.52. The zero-order valence-electron chi connectivity index (χ0n) is 19.1. The molecule has 0 saturated carbocycles. The molecule has 2 heterocycles. The highest BCUT2D eigenvalue weighted by atomic mass is 16.5. The largest absolute Gasteiger partial charge is 0.497 e. The van der Waals surface area contributed by atoms with Crippen molar-refractivity contribution in [3.63, 3.8) is 0 Å². The smallest absolute Gasteiger partial charge is 0.258 e. The van der Waals surface area contributed by atoms with Gasteiger partial charge in [0.15, 0.2) is 6.61 Å². The summed E-state index contributed by atoms with van der Waals surface area (Å²) in [6, 6.07) is 17.0. The molecule has 2 aromatic rings. The maximum atomic E-state index is 12.6. The van der Waals surface area contributed by atoms with E-state index in [-0.39, 0.29) is 30.1 Å². The fraction of sp³-hybridized carbons (Fsp3) is 0.462. The lowest BCUT2D eigenvalue weighted by Crippen LogP contribution is -2.47. The van der Waals surface area contributed by atoms with Crippen LogP contribution in [0.5, 0.6) is 11.5 Å². The van der Waals surface area contributed by atoms with Gasteiger partial charge in [0.1, 0.15) is 11.5 Å². The van der Waals surface area contributed by atoms with E-state index in [4.69, 9.17) is 14.2 Å². The van der Waals surface area contributed by atoms with Crippen molar-refractivity contribution >= 4 is 11.8 Å². The maximum absolute atomic E-state index is 12.6. The van der Waals surface area contributed by atoms with Crippen LogP contribution in [0.15, 0.2) is 54.6 Å². The molecule has 4 rings (SSSR count). The summed E-state index contributed by atoms with van der Waals surface area (Å²) in [6.07, 6.45) is 4.02. The van der Waals surface area contributed by atoms with Crippen molar-refractivity contribution in [2.75, 3.05) is 33.4 Å². The van der Waals surface area contributed by atoms with Crippen LogP contribution >= 0.6 is 0 Å². The Balaban J connectivity index is 1.16. The van der Waals surface area contributed by atoms with Gasteiger partial charge in [-0.05, 0) is 55.5 Å². The van der Waals surface area contributed by atoms with Gasteiger partial charge in [-0.15, -0.1) is 0 Å². The number of amides is 2. The second-order valence-electron chi connectivity index (χ2n) is 8.77. The molecule has 176 valence electrons. The van der Waals surface area contributed by atoms with Crippen LogP contribution in [0.25, 0.3) is 0 Å². The molecule has 1 atom stereocenters. The Morgan fingerprint density at radius 1 is 1.03 bits per heavy atom. The molecule has 2 aliphatic rings. The van der Waals surface area contributed by atoms with Gasteiger partial charge < -0.3 is 24.4 Å². The minimum absolute atomic E-state index is 0.00140. The molecule has 2 aliphatic heterocycles. The Bertz CT molecular complexity index is 923. The molecular weight excluding hydrogens is 420 g/mol. The van der Waals surface area contributed by atoms with E-state index in [9.17, 15) is 9.59 Å². The molecule has 7 nitrogen and oxygen atoms in total. The Kier molecular flexibility index (Phi) is 7.50. The van der Waals surface area contributed by atoms with E-state index < -0.39 is 0 Å². The molecule has 2 fully saturated rings. The maximum Gasteiger partial charge on any atom is 0.258 e. The Hall–Kier alpha value is -3.06. The van der Waals surface area contributed by atoms with Crippen molar-refractivity contribution < 1.29 is 23.8 Å². The molecule has 2 amide bonds. The van der Waals surface area contributed by atoms with Crippen LogP contribution in [-0.4, -0.2) is 61.8 Å². The Labute approximate surface area is 195 Å². The molecule has 0 bridgehead atoms. The molecule has 0 radical (unpaired) electrons. The van der Waals surface area contributed by atoms with Gasteiger partial charge in [0.05, 0.1) is 25.2 Å². The summed E-state index contributed by atoms with van der Waals surface area (Å²) in [6.45, 7) is 1.88. The van der Waals surface area contributed by atoms with Gasteiger partial charge in [-0.3, -0.25) is 9.59 Å². The average molecular weight is 453 g/mol. The molecule has 33 heavy (non-hydrogen) atoms. The number of carbonyl (C=O) groups excluding carboxylic acids is 2. The zero-order valence-corrected chi connectivity index (χ0v) is 19.1. The van der Waals surface area contributed by atoms with Gasteiger partial charge in [-0.1, -0.05) is 30.3 Å². The molecule has 2 saturated heterocycles. The van der Waals surface area contributed by atoms with Crippen molar-refractivity contribution in [2.45, 2.75) is 43.8 Å². The van der Waals surface area contributed by atoms with Gasteiger partial charge >= 0.3 is 0 Å². The van der Waals surface area contributed by atoms with Crippen LogP contribution in [-0.2, 0) is 20.7 Å². The predicted octanol–water partition coefficient (Wildman–Crippen LogP) is 2.97. The predicted molar refractivity (Wildman–Crippen MR) is 124 cm³/mol. The van der Waals surface area contributed by atoms with E-state index in [1.807, 2.05) is 35.2 Å². The fourth-order valence-corrected chi connectivity index (χ4v) is 4.55. The second kappa shape index (κ2) is 10.7. The van der Waals surface area contributed by atoms with Gasteiger partial charge in [0, 0.05) is 19.6 Å². The van der Waals surface area contributed by atoms with E-state index in [0.29, 0.717) is 18.7 Å². The normalized spacial score (nSPS) is 19.3. The summed E-state index contributed by atoms with van der Waals surface area (Å²) >= 11 is 0. The lowest BCUT2D eigenvalue weighted by Gasteiger charge is -2.39. The summed E-state index contributed by atoms with van der Waals surface area (Å²) < 4.78 is 17.0. The van der Waals surface area contributed by atoms with E-state index in [1.54, 1.807) is 31.4 Å². The van der Waals surface area contributed by atoms with Crippen LogP contribution < -0.4 is 14.8 Å². The number of hydrogen-bond donors (Lipinski definition) is 1. The Morgan fingerprint density at radius 2 is 1.73 bits per heavy atom. The van der Waals surface area contributed by atoms with Crippen molar-refractivity contribution in [3.05, 3.63) is 60.2 Å². The first-order chi connectivity index (χ1) is 16.0. The van der Waals surface area contributed by atoms with E-state index in [2.05, 4.69) is 5.32 Å². The zero-order chi connectivity index (χ0) is 23.1. The van der Waals surface area contributed by atoms with Gasteiger partial charge in [-0.2, -0.15) is 0 Å². The standard InChI is InChI=1S/C26H32N2O5/c1-31-21-7-9-22(10-8-21)32-19-24(29)27-18-23-11-12-26(33-23)13-15-28(16-14-26)25(30)17-20-5-3-2-4-6-20/h2-10,23H,11-19H2,1H3,(H,27,29). The number of carbonyl (C=O) groups is 2. The van der Waals surface area contributed by atoms with E-state index >= 15 is 0 Å². The van der Waals surface area contributed by atoms with E-state index in [0.717, 1.165) is 50.1 Å². The summed E-state index contributed by atoms with van der Waals surface area (Å²) in [5.41, 5.74) is 0.880. The van der Waals surface area contributed by atoms with Crippen LogP contribution in [0.4, 0.5) is 0 Å². The third kappa shape index (κ3) is 6.26. The number of benzene rings is 2. The Morgan fingerprint density at radius 3 is 2.42 bits per heavy atom. The highest BCUT2D eigenvalue weighted by molar-refractivity contribution is 5.79. The minimum atomic E-state index is -0.170. The molecule has 0 aliphatic carbocycles. The first-order valence-electron chi connectivity index (χ1n) is 11.6. The van der Waals surface area contributed by atoms with Gasteiger partial charge in [0.25, 0.3) is 5.91 Å². The number of likely N-dealkylation sites (tertiary alicyclic amines) is 1. The molecule has 2 aromatic carbocycles. The minimum Gasteiger partial charge on any atom is -0.497 e. The van der Waals surface area contributed by atoms with Crippen molar-refractivity contribution in [3.8, 4) is 11.5 Å². The highest BCUT2D eigenvalue weighted by Crippen LogP contribution is 2.38. The monoisotopic (exact) mass is 452 g/mol. The molecule has 7 heteroatoms. The lowest BCUT2D eigenvalue weighted by molar-refractivity contribution is -0.137. The molecule has 1 spiro atoms. The summed E-state index contributed by atoms with van der Waals surface area (Å²) in [7, 11) is 1.60. The van der Waals surface area contributed by atoms with Crippen LogP contribution in [0.2, 0.25) is 0 Å². The number of ether oxygens (including phenoxy) is 3. The number of rotatable bonds is 8. The van der Waals surface area contributed by atoms with Crippen LogP contribution in [0.1, 0.15) is 31.2 Å². The summed E-state index contributed by atoms with van der Waals surface area (Å²) in [5, 5.41) is 2.92. The van der Waals surface area contributed by atoms with Crippen molar-refractivity contribution in [1.82, 2.24) is 10.2 Å². The topological polar surface area (TPSA) is 77.1 Å². The first-order valence-corrected chi connectivity index (χ1v) is 11.6. The van der Waals surface area contributed by atoms with Crippen LogP contribution in [0, 0.1) is 0 Å². The SMILES string of the molecule is COc1ccc(OCC(=O)NCC2CCC3(CCN(C(=O)Cc4ccccc4)CC3)O2)cc1. The number of nitrogens with zero attached hydrogens (tertiary/aromatic N) is 1. The van der Waals surface area contributed by atoms with Gasteiger partial charge in [0.2, 0.25) is 5.91 Å². The quantitative estimate of drug-likeness (QED) is 0.666. The molecule has 0 aromatic heterocycles. The first kappa shape index (κ1) is 23.1. The number of nitrogens with one attached hydrogen (secondary N) is 1. The summed E-state index contributed by atoms with van der Waals surface area (Å²) in [5.74, 6) is 1.37. The fourth-order valence-electron chi connectivity index (χ4n) is 4.55. The van der Waals surface area contributed by atoms with Crippen LogP contribution in [0.3, 0.4) is 0 Å². The highest BCUT2D eigenvalue weighted by Gasteiger charge is 2.43. The molecule has 1 N–H and O–H groups in total. The lowest BCUT2D eigenvalue weighted by atomic mass is 9.88. The number of hydrogen-bond acceptors (Lipinski definition) is 5. The average Bonchev–Trinajstić information content (AvgIpc) is 3.25.